The van der Waals surface area contributed by atoms with E-state index < -0.39 is 5.91 Å². The van der Waals surface area contributed by atoms with Gasteiger partial charge in [0, 0.05) is 75.5 Å². The van der Waals surface area contributed by atoms with Crippen molar-refractivity contribution in [2.24, 2.45) is 5.73 Å². The van der Waals surface area contributed by atoms with Crippen molar-refractivity contribution in [2.75, 3.05) is 77.7 Å². The Hall–Kier alpha value is -6.44. The van der Waals surface area contributed by atoms with Crippen LogP contribution in [0.3, 0.4) is 0 Å². The zero-order valence-corrected chi connectivity index (χ0v) is 32.1. The molecular weight excluding hydrogens is 743 g/mol. The molecule has 282 valence electrons. The molecule has 0 spiro atoms. The number of para-hydroxylation sites is 2. The average molecular weight is 782 g/mol. The molecule has 0 unspecified atom stereocenters. The van der Waals surface area contributed by atoms with Gasteiger partial charge in [0.05, 0.1) is 33.5 Å². The number of benzene rings is 2. The van der Waals surface area contributed by atoms with Gasteiger partial charge >= 0.3 is 0 Å². The summed E-state index contributed by atoms with van der Waals surface area (Å²) >= 11 is 6.51. The Bertz CT molecular complexity index is 2650. The van der Waals surface area contributed by atoms with Crippen LogP contribution in [0.4, 0.5) is 28.7 Å². The number of anilines is 5. The normalized spacial score (nSPS) is 14.9. The number of primary amides is 1. The van der Waals surface area contributed by atoms with Gasteiger partial charge in [0.1, 0.15) is 50.3 Å². The minimum Gasteiger partial charge on any atom is -0.397 e. The summed E-state index contributed by atoms with van der Waals surface area (Å²) in [5.41, 5.74) is 16.6. The lowest BCUT2D eigenvalue weighted by molar-refractivity contribution is 0.100. The van der Waals surface area contributed by atoms with E-state index in [1.54, 1.807) is 25.0 Å². The minimum atomic E-state index is -0.515. The van der Waals surface area contributed by atoms with Gasteiger partial charge in [-0.1, -0.05) is 36.5 Å². The maximum Gasteiger partial charge on any atom is 0.260 e. The first-order chi connectivity index (χ1) is 27.4. The van der Waals surface area contributed by atoms with E-state index in [1.165, 1.54) is 11.3 Å². The molecule has 2 aliphatic heterocycles. The molecule has 9 rings (SSSR count). The number of nitrogen functional groups attached to an aromatic ring is 1. The number of aromatic nitrogens is 6. The van der Waals surface area contributed by atoms with Gasteiger partial charge in [-0.15, -0.1) is 11.3 Å². The molecule has 56 heavy (non-hydrogen) atoms. The van der Waals surface area contributed by atoms with Crippen LogP contribution in [0.2, 0.25) is 0 Å². The standard InChI is InChI=1S/C21H21N7OS.C19H18N6S/c22-17-16-15(6-7-24-21(16)30-18(17)19(23)29)27-8-3-9-28(11-10-27)20-13-4-1-2-5-14(13)25-12-26-20;20-12-15-17(6-7-21-19(15)26)24-8-3-9-25(11-10-24)18-14-4-1-2-5-16(14)22-13-23-18/h1-2,4-7,12H,3,8-11,22H2,(H2,23,29);1-2,4-7,13H,3,8-11H2,(H,21,26). The number of rotatable bonds is 5. The Morgan fingerprint density at radius 3 is 1.88 bits per heavy atom. The number of nitrogens with zero attached hydrogens (tertiary/aromatic N) is 10. The number of hydrogen-bond acceptors (Lipinski definition) is 14. The predicted molar refractivity (Wildman–Crippen MR) is 226 cm³/mol. The van der Waals surface area contributed by atoms with Gasteiger partial charge in [0.15, 0.2) is 0 Å². The molecule has 2 aromatic carbocycles. The lowest BCUT2D eigenvalue weighted by Crippen LogP contribution is -2.31. The van der Waals surface area contributed by atoms with Crippen molar-refractivity contribution in [2.45, 2.75) is 12.8 Å². The highest BCUT2D eigenvalue weighted by Gasteiger charge is 2.24. The number of carbonyl (C=O) groups excluding carboxylic acids is 1. The van der Waals surface area contributed by atoms with Gasteiger partial charge in [-0.25, -0.2) is 24.9 Å². The molecule has 2 fully saturated rings. The molecule has 7 heterocycles. The van der Waals surface area contributed by atoms with Crippen molar-refractivity contribution < 1.29 is 4.79 Å². The monoisotopic (exact) mass is 781 g/mol. The van der Waals surface area contributed by atoms with Crippen LogP contribution in [0.1, 0.15) is 28.1 Å². The van der Waals surface area contributed by atoms with Crippen LogP contribution in [0.25, 0.3) is 32.0 Å². The molecular formula is C40H39N13OS2. The zero-order valence-electron chi connectivity index (χ0n) is 30.5. The number of nitriles is 1. The fourth-order valence-corrected chi connectivity index (χ4v) is 8.69. The second kappa shape index (κ2) is 16.1. The third-order valence-corrected chi connectivity index (χ3v) is 11.6. The molecule has 0 atom stereocenters. The summed E-state index contributed by atoms with van der Waals surface area (Å²) in [6, 6.07) is 22.3. The summed E-state index contributed by atoms with van der Waals surface area (Å²) < 4.78 is 0.493. The summed E-state index contributed by atoms with van der Waals surface area (Å²) in [6.45, 7) is 6.84. The van der Waals surface area contributed by atoms with Crippen LogP contribution in [0.5, 0.6) is 0 Å². The predicted octanol–water partition coefficient (Wildman–Crippen LogP) is 5.91. The number of amides is 1. The molecule has 0 saturated carbocycles. The molecule has 5 aromatic heterocycles. The summed E-state index contributed by atoms with van der Waals surface area (Å²) in [5.74, 6) is 1.43. The Morgan fingerprint density at radius 2 is 1.29 bits per heavy atom. The maximum atomic E-state index is 11.7. The highest BCUT2D eigenvalue weighted by atomic mass is 32.1. The van der Waals surface area contributed by atoms with Gasteiger partial charge in [-0.3, -0.25) is 4.79 Å². The second-order valence-electron chi connectivity index (χ2n) is 13.5. The van der Waals surface area contributed by atoms with Crippen molar-refractivity contribution in [1.29, 1.82) is 5.26 Å². The van der Waals surface area contributed by atoms with E-state index in [0.717, 1.165) is 120 Å². The van der Waals surface area contributed by atoms with E-state index in [0.29, 0.717) is 20.8 Å². The van der Waals surface area contributed by atoms with Gasteiger partial charge in [-0.2, -0.15) is 5.26 Å². The highest BCUT2D eigenvalue weighted by molar-refractivity contribution is 7.71. The van der Waals surface area contributed by atoms with Crippen molar-refractivity contribution in [1.82, 2.24) is 29.9 Å². The van der Waals surface area contributed by atoms with Crippen molar-refractivity contribution in [3.05, 3.63) is 101 Å². The number of H-pyrrole nitrogens is 1. The first-order valence-electron chi connectivity index (χ1n) is 18.4. The first kappa shape index (κ1) is 36.5. The van der Waals surface area contributed by atoms with Crippen LogP contribution in [-0.2, 0) is 0 Å². The van der Waals surface area contributed by atoms with Crippen LogP contribution >= 0.6 is 23.6 Å². The molecule has 0 bridgehead atoms. The molecule has 2 saturated heterocycles. The molecule has 0 aliphatic carbocycles. The third-order valence-electron chi connectivity index (χ3n) is 10.2. The fraction of sp³-hybridized carbons (Fsp3) is 0.250. The lowest BCUT2D eigenvalue weighted by Gasteiger charge is -2.25. The largest absolute Gasteiger partial charge is 0.397 e. The van der Waals surface area contributed by atoms with E-state index in [9.17, 15) is 10.1 Å². The summed E-state index contributed by atoms with van der Waals surface area (Å²) in [5, 5.41) is 12.4. The molecule has 0 radical (unpaired) electrons. The van der Waals surface area contributed by atoms with Gasteiger partial charge in [0.25, 0.3) is 5.91 Å². The number of pyridine rings is 2. The average Bonchev–Trinajstić information content (AvgIpc) is 3.40. The molecule has 16 heteroatoms. The van der Waals surface area contributed by atoms with E-state index >= 15 is 0 Å². The van der Waals surface area contributed by atoms with E-state index in [4.69, 9.17) is 23.7 Å². The van der Waals surface area contributed by atoms with E-state index in [1.807, 2.05) is 48.5 Å². The summed E-state index contributed by atoms with van der Waals surface area (Å²) in [4.78, 5) is 47.2. The number of aromatic amines is 1. The van der Waals surface area contributed by atoms with Gasteiger partial charge in [-0.05, 0) is 49.2 Å². The Kier molecular flexibility index (Phi) is 10.5. The van der Waals surface area contributed by atoms with Gasteiger partial charge in [0.2, 0.25) is 0 Å². The highest BCUT2D eigenvalue weighted by Crippen LogP contribution is 2.39. The van der Waals surface area contributed by atoms with Crippen LogP contribution < -0.4 is 31.1 Å². The second-order valence-corrected chi connectivity index (χ2v) is 14.9. The quantitative estimate of drug-likeness (QED) is 0.175. The number of nitrogens with one attached hydrogen (secondary N) is 1. The van der Waals surface area contributed by atoms with E-state index in [2.05, 4.69) is 67.7 Å². The molecule has 5 N–H and O–H groups in total. The topological polar surface area (TPSA) is 186 Å². The number of nitrogens with two attached hydrogens (primary N) is 2. The van der Waals surface area contributed by atoms with Crippen molar-refractivity contribution in [3.8, 4) is 6.07 Å². The third kappa shape index (κ3) is 7.21. The molecule has 1 amide bonds. The van der Waals surface area contributed by atoms with Crippen molar-refractivity contribution >= 4 is 90.2 Å². The number of fused-ring (bicyclic) bond motifs is 3. The van der Waals surface area contributed by atoms with Gasteiger partial charge < -0.3 is 36.1 Å². The van der Waals surface area contributed by atoms with Crippen molar-refractivity contribution in [3.63, 3.8) is 0 Å². The van der Waals surface area contributed by atoms with Crippen LogP contribution in [-0.4, -0.2) is 88.2 Å². The lowest BCUT2D eigenvalue weighted by atomic mass is 10.2. The number of hydrogen-bond donors (Lipinski definition) is 3. The molecule has 2 aliphatic rings. The summed E-state index contributed by atoms with van der Waals surface area (Å²) in [7, 11) is 0. The summed E-state index contributed by atoms with van der Waals surface area (Å²) in [6.07, 6.45) is 8.77. The molecule has 14 nitrogen and oxygen atoms in total. The smallest absolute Gasteiger partial charge is 0.260 e. The Balaban J connectivity index is 0.000000159. The Morgan fingerprint density at radius 1 is 0.732 bits per heavy atom. The SMILES string of the molecule is N#Cc1c(N2CCCN(c3ncnc4ccccc34)CC2)cc[nH]c1=S.NC(=O)c1sc2nccc(N3CCCN(c4ncnc5ccccc45)CC3)c2c1N. The minimum absolute atomic E-state index is 0.369. The Labute approximate surface area is 332 Å². The zero-order chi connectivity index (χ0) is 38.6. The number of carbonyl (C=O) groups is 1. The number of thiophene rings is 1. The fourth-order valence-electron chi connectivity index (χ4n) is 7.54. The van der Waals surface area contributed by atoms with E-state index in [-0.39, 0.29) is 0 Å². The molecule has 7 aromatic rings. The van der Waals surface area contributed by atoms with Crippen LogP contribution in [0.15, 0.2) is 85.7 Å². The van der Waals surface area contributed by atoms with Crippen LogP contribution in [0, 0.1) is 16.0 Å². The first-order valence-corrected chi connectivity index (χ1v) is 19.6. The maximum absolute atomic E-state index is 11.7.